The summed E-state index contributed by atoms with van der Waals surface area (Å²) in [6.07, 6.45) is 0.984. The van der Waals surface area contributed by atoms with Crippen molar-refractivity contribution in [2.24, 2.45) is 5.73 Å². The molecule has 3 nitrogen and oxygen atoms in total. The molecule has 3 unspecified atom stereocenters. The van der Waals surface area contributed by atoms with E-state index in [0.717, 1.165) is 25.3 Å². The third kappa shape index (κ3) is 4.15. The van der Waals surface area contributed by atoms with Crippen LogP contribution in [0.1, 0.15) is 26.3 Å². The van der Waals surface area contributed by atoms with Gasteiger partial charge in [0.25, 0.3) is 0 Å². The zero-order valence-electron chi connectivity index (χ0n) is 13.6. The number of hydrogen-bond acceptors (Lipinski definition) is 4. The predicted molar refractivity (Wildman–Crippen MR) is 92.2 cm³/mol. The van der Waals surface area contributed by atoms with Crippen LogP contribution in [0, 0.1) is 0 Å². The van der Waals surface area contributed by atoms with Gasteiger partial charge in [0.15, 0.2) is 0 Å². The van der Waals surface area contributed by atoms with Crippen LogP contribution < -0.4 is 10.5 Å². The van der Waals surface area contributed by atoms with Crippen LogP contribution >= 0.6 is 11.8 Å². The quantitative estimate of drug-likeness (QED) is 0.908. The molecular formula is C17H28N2OS. The standard InChI is InChI=1S/C17H28N2OS/c1-13-10-19(11-14(2)21-13)17(3,12-18)9-15-5-7-16(20-4)8-6-15/h5-8,13-14H,9-12,18H2,1-4H3. The highest BCUT2D eigenvalue weighted by molar-refractivity contribution is 8.00. The number of nitrogens with two attached hydrogens (primary N) is 1. The SMILES string of the molecule is COc1ccc(CC(C)(CN)N2CC(C)SC(C)C2)cc1. The zero-order chi connectivity index (χ0) is 15.5. The Morgan fingerprint density at radius 2 is 1.81 bits per heavy atom. The van der Waals surface area contributed by atoms with E-state index in [2.05, 4.69) is 49.6 Å². The fraction of sp³-hybridized carbons (Fsp3) is 0.647. The van der Waals surface area contributed by atoms with Crippen molar-refractivity contribution in [1.29, 1.82) is 0 Å². The van der Waals surface area contributed by atoms with E-state index in [1.54, 1.807) is 7.11 Å². The lowest BCUT2D eigenvalue weighted by Crippen LogP contribution is -2.58. The molecule has 2 rings (SSSR count). The largest absolute Gasteiger partial charge is 0.497 e. The van der Waals surface area contributed by atoms with Crippen LogP contribution in [0.3, 0.4) is 0 Å². The number of hydrogen-bond donors (Lipinski definition) is 1. The molecule has 1 heterocycles. The van der Waals surface area contributed by atoms with Gasteiger partial charge in [-0.25, -0.2) is 0 Å². The number of methoxy groups -OCH3 is 1. The molecule has 0 radical (unpaired) electrons. The van der Waals surface area contributed by atoms with Crippen LogP contribution in [0.2, 0.25) is 0 Å². The molecule has 4 heteroatoms. The number of nitrogens with zero attached hydrogens (tertiary/aromatic N) is 1. The van der Waals surface area contributed by atoms with Crippen LogP contribution in [-0.2, 0) is 6.42 Å². The smallest absolute Gasteiger partial charge is 0.118 e. The lowest BCUT2D eigenvalue weighted by molar-refractivity contribution is 0.108. The van der Waals surface area contributed by atoms with Gasteiger partial charge in [-0.3, -0.25) is 4.90 Å². The first-order valence-electron chi connectivity index (χ1n) is 7.70. The number of ether oxygens (including phenoxy) is 1. The molecule has 1 aromatic carbocycles. The van der Waals surface area contributed by atoms with Gasteiger partial charge >= 0.3 is 0 Å². The molecule has 1 aromatic rings. The first-order chi connectivity index (χ1) is 9.96. The van der Waals surface area contributed by atoms with Crippen LogP contribution in [0.25, 0.3) is 0 Å². The monoisotopic (exact) mass is 308 g/mol. The summed E-state index contributed by atoms with van der Waals surface area (Å²) < 4.78 is 5.23. The Bertz CT molecular complexity index is 441. The molecular weight excluding hydrogens is 280 g/mol. The topological polar surface area (TPSA) is 38.5 Å². The molecule has 3 atom stereocenters. The number of benzene rings is 1. The Morgan fingerprint density at radius 1 is 1.24 bits per heavy atom. The number of thioether (sulfide) groups is 1. The van der Waals surface area contributed by atoms with Gasteiger partial charge in [-0.15, -0.1) is 0 Å². The van der Waals surface area contributed by atoms with Crippen LogP contribution in [0.15, 0.2) is 24.3 Å². The Morgan fingerprint density at radius 3 is 2.29 bits per heavy atom. The van der Waals surface area contributed by atoms with Crippen LogP contribution in [0.4, 0.5) is 0 Å². The molecule has 1 aliphatic rings. The van der Waals surface area contributed by atoms with Gasteiger partial charge in [-0.05, 0) is 31.0 Å². The van der Waals surface area contributed by atoms with Crippen molar-refractivity contribution in [2.45, 2.75) is 43.2 Å². The van der Waals surface area contributed by atoms with E-state index >= 15 is 0 Å². The molecule has 0 spiro atoms. The van der Waals surface area contributed by atoms with Crippen LogP contribution in [0.5, 0.6) is 5.75 Å². The van der Waals surface area contributed by atoms with E-state index in [1.807, 2.05) is 12.1 Å². The van der Waals surface area contributed by atoms with Gasteiger partial charge < -0.3 is 10.5 Å². The normalized spacial score (nSPS) is 26.3. The minimum Gasteiger partial charge on any atom is -0.497 e. The van der Waals surface area contributed by atoms with Gasteiger partial charge in [-0.2, -0.15) is 11.8 Å². The van der Waals surface area contributed by atoms with Crippen molar-refractivity contribution >= 4 is 11.8 Å². The summed E-state index contributed by atoms with van der Waals surface area (Å²) in [5.41, 5.74) is 7.51. The first-order valence-corrected chi connectivity index (χ1v) is 8.64. The van der Waals surface area contributed by atoms with E-state index < -0.39 is 0 Å². The van der Waals surface area contributed by atoms with Gasteiger partial charge in [0.05, 0.1) is 7.11 Å². The average Bonchev–Trinajstić information content (AvgIpc) is 2.47. The highest BCUT2D eigenvalue weighted by Gasteiger charge is 2.35. The minimum absolute atomic E-state index is 0.0259. The lowest BCUT2D eigenvalue weighted by atomic mass is 9.90. The zero-order valence-corrected chi connectivity index (χ0v) is 14.5. The highest BCUT2D eigenvalue weighted by atomic mass is 32.2. The van der Waals surface area contributed by atoms with E-state index in [1.165, 1.54) is 5.56 Å². The van der Waals surface area contributed by atoms with E-state index in [0.29, 0.717) is 17.0 Å². The molecule has 1 saturated heterocycles. The maximum absolute atomic E-state index is 6.16. The highest BCUT2D eigenvalue weighted by Crippen LogP contribution is 2.31. The molecule has 1 fully saturated rings. The van der Waals surface area contributed by atoms with Crippen molar-refractivity contribution in [1.82, 2.24) is 4.90 Å². The van der Waals surface area contributed by atoms with E-state index in [9.17, 15) is 0 Å². The molecule has 1 aliphatic heterocycles. The van der Waals surface area contributed by atoms with Gasteiger partial charge in [-0.1, -0.05) is 26.0 Å². The second kappa shape index (κ2) is 7.03. The maximum atomic E-state index is 6.16. The molecule has 0 saturated carbocycles. The van der Waals surface area contributed by atoms with Gasteiger partial charge in [0.1, 0.15) is 5.75 Å². The van der Waals surface area contributed by atoms with Gasteiger partial charge in [0.2, 0.25) is 0 Å². The lowest BCUT2D eigenvalue weighted by Gasteiger charge is -2.46. The second-order valence-corrected chi connectivity index (χ2v) is 8.27. The summed E-state index contributed by atoms with van der Waals surface area (Å²) in [5, 5.41) is 1.35. The Labute approximate surface area is 133 Å². The fourth-order valence-corrected chi connectivity index (χ4v) is 4.44. The first kappa shape index (κ1) is 16.7. The average molecular weight is 308 g/mol. The fourth-order valence-electron chi connectivity index (χ4n) is 3.11. The Hall–Kier alpha value is -0.710. The number of rotatable bonds is 5. The third-order valence-electron chi connectivity index (χ3n) is 4.37. The van der Waals surface area contributed by atoms with Gasteiger partial charge in [0, 0.05) is 35.7 Å². The van der Waals surface area contributed by atoms with Crippen molar-refractivity contribution in [2.75, 3.05) is 26.7 Å². The minimum atomic E-state index is 0.0259. The third-order valence-corrected chi connectivity index (χ3v) is 5.59. The van der Waals surface area contributed by atoms with Crippen molar-refractivity contribution in [3.8, 4) is 5.75 Å². The molecule has 2 N–H and O–H groups in total. The molecule has 0 aliphatic carbocycles. The van der Waals surface area contributed by atoms with Crippen molar-refractivity contribution in [3.63, 3.8) is 0 Å². The van der Waals surface area contributed by atoms with Crippen LogP contribution in [-0.4, -0.2) is 47.7 Å². The second-order valence-electron chi connectivity index (χ2n) is 6.39. The maximum Gasteiger partial charge on any atom is 0.118 e. The molecule has 0 bridgehead atoms. The van der Waals surface area contributed by atoms with Crippen molar-refractivity contribution < 1.29 is 4.74 Å². The molecule has 21 heavy (non-hydrogen) atoms. The van der Waals surface area contributed by atoms with E-state index in [-0.39, 0.29) is 5.54 Å². The predicted octanol–water partition coefficient (Wildman–Crippen LogP) is 2.78. The summed E-state index contributed by atoms with van der Waals surface area (Å²) in [4.78, 5) is 2.59. The summed E-state index contributed by atoms with van der Waals surface area (Å²) in [6.45, 7) is 9.86. The molecule has 118 valence electrons. The van der Waals surface area contributed by atoms with Crippen molar-refractivity contribution in [3.05, 3.63) is 29.8 Å². The summed E-state index contributed by atoms with van der Waals surface area (Å²) in [6, 6.07) is 8.36. The summed E-state index contributed by atoms with van der Waals surface area (Å²) in [7, 11) is 1.70. The Kier molecular flexibility index (Phi) is 5.58. The Balaban J connectivity index is 2.12. The summed E-state index contributed by atoms with van der Waals surface area (Å²) in [5.74, 6) is 0.907. The summed E-state index contributed by atoms with van der Waals surface area (Å²) >= 11 is 2.08. The van der Waals surface area contributed by atoms with E-state index in [4.69, 9.17) is 10.5 Å². The molecule has 0 aromatic heterocycles. The molecule has 0 amide bonds.